The summed E-state index contributed by atoms with van der Waals surface area (Å²) in [7, 11) is -5.13. The molecule has 2 rings (SSSR count). The number of H-pyrrole nitrogens is 1. The third kappa shape index (κ3) is 24.0. The number of nitrogens with two attached hydrogens (primary N) is 2. The van der Waals surface area contributed by atoms with Gasteiger partial charge in [0, 0.05) is 37.2 Å². The molecule has 26 heteroatoms. The Kier molecular flexibility index (Phi) is 27.0. The molecule has 0 aliphatic rings. The lowest BCUT2D eigenvalue weighted by molar-refractivity contribution is -0.138. The summed E-state index contributed by atoms with van der Waals surface area (Å²) in [5.74, 6) is -5.49. The summed E-state index contributed by atoms with van der Waals surface area (Å²) in [5, 5.41) is 22.4. The van der Waals surface area contributed by atoms with Crippen LogP contribution in [0, 0.1) is 5.92 Å². The Hall–Kier alpha value is -4.98. The number of nitrogens with one attached hydrogen (secondary N) is 6. The first-order chi connectivity index (χ1) is 31.7. The third-order valence-corrected chi connectivity index (χ3v) is 10.7. The molecule has 0 unspecified atom stereocenters. The molecule has 1 heterocycles. The maximum atomic E-state index is 14.0. The van der Waals surface area contributed by atoms with Crippen LogP contribution in [0.15, 0.2) is 42.9 Å². The lowest BCUT2D eigenvalue weighted by Gasteiger charge is -2.28. The normalized spacial score (nSPS) is 14.2. The molecule has 0 saturated carbocycles. The van der Waals surface area contributed by atoms with Gasteiger partial charge in [0.15, 0.2) is 0 Å². The third-order valence-electron chi connectivity index (χ3n) is 9.75. The highest BCUT2D eigenvalue weighted by Gasteiger charge is 2.35. The number of benzene rings is 1. The Morgan fingerprint density at radius 3 is 2.10 bits per heavy atom. The molecule has 1 aromatic heterocycles. The second kappa shape index (κ2) is 31.1. The molecule has 13 N–H and O–H groups in total. The number of primary amides is 1. The number of nitrogens with zero attached hydrogens (tertiary/aromatic N) is 2. The Bertz CT molecular complexity index is 1900. The van der Waals surface area contributed by atoms with Gasteiger partial charge in [0.05, 0.1) is 64.5 Å². The maximum absolute atomic E-state index is 14.0. The number of aryl methyl sites for hydroxylation is 1. The number of amides is 7. The van der Waals surface area contributed by atoms with Crippen molar-refractivity contribution in [2.45, 2.75) is 95.6 Å². The fourth-order valence-corrected chi connectivity index (χ4v) is 7.02. The summed E-state index contributed by atoms with van der Waals surface area (Å²) in [5.41, 5.74) is 12.4. The van der Waals surface area contributed by atoms with E-state index in [1.807, 2.05) is 44.2 Å². The lowest BCUT2D eigenvalue weighted by Crippen LogP contribution is -2.60. The van der Waals surface area contributed by atoms with Crippen LogP contribution in [0.25, 0.3) is 0 Å². The molecule has 67 heavy (non-hydrogen) atoms. The maximum Gasteiger partial charge on any atom is 0.469 e. The Balaban J connectivity index is 2.15. The first-order valence-electron chi connectivity index (χ1n) is 21.7. The van der Waals surface area contributed by atoms with Gasteiger partial charge in [-0.15, -0.1) is 0 Å². The summed E-state index contributed by atoms with van der Waals surface area (Å²) >= 11 is 3.99. The van der Waals surface area contributed by atoms with Gasteiger partial charge in [0.2, 0.25) is 41.4 Å². The van der Waals surface area contributed by atoms with E-state index in [1.54, 1.807) is 0 Å². The predicted octanol–water partition coefficient (Wildman–Crippen LogP) is -2.44. The van der Waals surface area contributed by atoms with E-state index in [2.05, 4.69) is 53.7 Å². The SMILES string of the molecule is CC(C)C[C@H](NC(=O)CN(CCCCc1ccccc1)C(=O)CCOCCOCCNC(=O)[C@@H](N)CS)C(=O)N[C@@H](Cc1cnc[nH]1)C(=O)N[C@@H](CO)C(=O)N[C@H](C(N)=O)[C@@H](C)OP(=O)(O)O. The molecule has 0 radical (unpaired) electrons. The van der Waals surface area contributed by atoms with E-state index in [-0.39, 0.29) is 82.3 Å². The number of rotatable bonds is 34. The van der Waals surface area contributed by atoms with Crippen LogP contribution < -0.4 is 38.1 Å². The number of unbranched alkanes of at least 4 members (excludes halogenated alkanes) is 1. The molecule has 2 aromatic rings. The van der Waals surface area contributed by atoms with Crippen LogP contribution in [0.1, 0.15) is 57.7 Å². The number of hydrogen-bond acceptors (Lipinski definition) is 15. The van der Waals surface area contributed by atoms with Gasteiger partial charge in [-0.1, -0.05) is 44.2 Å². The molecule has 0 fully saturated rings. The van der Waals surface area contributed by atoms with Crippen molar-refractivity contribution >= 4 is 61.8 Å². The van der Waals surface area contributed by atoms with Gasteiger partial charge in [-0.3, -0.25) is 38.1 Å². The minimum absolute atomic E-state index is 0.0324. The van der Waals surface area contributed by atoms with E-state index in [9.17, 15) is 43.2 Å². The number of aliphatic hydroxyl groups excluding tert-OH is 1. The molecule has 7 amide bonds. The highest BCUT2D eigenvalue weighted by Crippen LogP contribution is 2.38. The first-order valence-corrected chi connectivity index (χ1v) is 23.8. The summed E-state index contributed by atoms with van der Waals surface area (Å²) in [6.45, 7) is 4.35. The molecule has 0 spiro atoms. The summed E-state index contributed by atoms with van der Waals surface area (Å²) in [6.07, 6.45) is 2.96. The fraction of sp³-hybridized carbons (Fsp3) is 0.610. The van der Waals surface area contributed by atoms with E-state index in [0.717, 1.165) is 25.3 Å². The molecule has 0 aliphatic carbocycles. The first kappa shape index (κ1) is 58.1. The second-order valence-electron chi connectivity index (χ2n) is 15.8. The van der Waals surface area contributed by atoms with E-state index in [1.165, 1.54) is 17.4 Å². The number of phosphoric ester groups is 1. The van der Waals surface area contributed by atoms with Crippen molar-refractivity contribution in [1.29, 1.82) is 0 Å². The van der Waals surface area contributed by atoms with Crippen molar-refractivity contribution in [1.82, 2.24) is 41.5 Å². The van der Waals surface area contributed by atoms with Crippen LogP contribution in [0.2, 0.25) is 0 Å². The number of aliphatic hydroxyl groups is 1. The van der Waals surface area contributed by atoms with Crippen LogP contribution in [0.4, 0.5) is 0 Å². The summed E-state index contributed by atoms with van der Waals surface area (Å²) < 4.78 is 26.8. The van der Waals surface area contributed by atoms with Crippen molar-refractivity contribution in [2.24, 2.45) is 17.4 Å². The van der Waals surface area contributed by atoms with Crippen molar-refractivity contribution in [3.63, 3.8) is 0 Å². The van der Waals surface area contributed by atoms with Crippen LogP contribution in [-0.2, 0) is 65.0 Å². The zero-order chi connectivity index (χ0) is 49.9. The standard InChI is InChI=1S/C41H67N10O14PS/c1-26(2)19-31(39(57)48-32(20-29-21-44-25-46-29)40(58)49-33(23-52)41(59)50-36(37(43)55)27(3)65-66(60,61)62)47-34(53)22-51(14-8-7-11-28-9-5-4-6-10-28)35(54)12-15-63-17-18-64-16-13-45-38(56)30(42)24-67/h4-6,9-10,21,25-27,30-33,36,52,67H,7-8,11-20,22-24,42H2,1-3H3,(H2,43,55)(H,44,46)(H,45,56)(H,47,53)(H,48,57)(H,49,58)(H,50,59)(H2,60,61,62)/t27-,30+,31+,32+,33+,36+/m1/s1. The number of aromatic amines is 1. The quantitative estimate of drug-likeness (QED) is 0.0197. The van der Waals surface area contributed by atoms with Gasteiger partial charge >= 0.3 is 7.82 Å². The number of ether oxygens (including phenoxy) is 2. The molecular weight excluding hydrogens is 920 g/mol. The average molecular weight is 987 g/mol. The molecule has 1 aromatic carbocycles. The highest BCUT2D eigenvalue weighted by atomic mass is 32.1. The fourth-order valence-electron chi connectivity index (χ4n) is 6.30. The number of carbonyl (C=O) groups excluding carboxylic acids is 7. The number of phosphoric acid groups is 1. The summed E-state index contributed by atoms with van der Waals surface area (Å²) in [4.78, 5) is 118. The van der Waals surface area contributed by atoms with Gasteiger partial charge < -0.3 is 72.3 Å². The Morgan fingerprint density at radius 1 is 0.866 bits per heavy atom. The lowest BCUT2D eigenvalue weighted by atomic mass is 10.0. The number of imidazole rings is 1. The molecule has 6 atom stereocenters. The highest BCUT2D eigenvalue weighted by molar-refractivity contribution is 7.80. The largest absolute Gasteiger partial charge is 0.469 e. The van der Waals surface area contributed by atoms with Gasteiger partial charge in [-0.05, 0) is 44.1 Å². The van der Waals surface area contributed by atoms with E-state index >= 15 is 0 Å². The van der Waals surface area contributed by atoms with E-state index < -0.39 is 86.8 Å². The Morgan fingerprint density at radius 2 is 1.51 bits per heavy atom. The minimum atomic E-state index is -5.13. The topological polar surface area (TPSA) is 369 Å². The smallest absolute Gasteiger partial charge is 0.394 e. The molecule has 0 aliphatic heterocycles. The van der Waals surface area contributed by atoms with Crippen LogP contribution in [0.3, 0.4) is 0 Å². The Labute approximate surface area is 394 Å². The van der Waals surface area contributed by atoms with Crippen LogP contribution in [0.5, 0.6) is 0 Å². The zero-order valence-electron chi connectivity index (χ0n) is 38.0. The van der Waals surface area contributed by atoms with Gasteiger partial charge in [-0.2, -0.15) is 12.6 Å². The van der Waals surface area contributed by atoms with Crippen LogP contribution >= 0.6 is 20.5 Å². The van der Waals surface area contributed by atoms with Crippen LogP contribution in [-0.4, -0.2) is 166 Å². The number of aromatic nitrogens is 2. The second-order valence-corrected chi connectivity index (χ2v) is 17.4. The number of hydrogen-bond donors (Lipinski definition) is 12. The number of thiol groups is 1. The van der Waals surface area contributed by atoms with Crippen molar-refractivity contribution in [3.05, 3.63) is 54.1 Å². The zero-order valence-corrected chi connectivity index (χ0v) is 39.8. The summed E-state index contributed by atoms with van der Waals surface area (Å²) in [6, 6.07) is 2.85. The average Bonchev–Trinajstić information content (AvgIpc) is 3.79. The molecule has 24 nitrogen and oxygen atoms in total. The number of carbonyl (C=O) groups is 7. The van der Waals surface area contributed by atoms with Crippen molar-refractivity contribution in [3.8, 4) is 0 Å². The molecule has 0 saturated heterocycles. The monoisotopic (exact) mass is 986 g/mol. The van der Waals surface area contributed by atoms with Gasteiger partial charge in [0.25, 0.3) is 0 Å². The van der Waals surface area contributed by atoms with Crippen molar-refractivity contribution < 1.29 is 67.0 Å². The van der Waals surface area contributed by atoms with Gasteiger partial charge in [-0.25, -0.2) is 9.55 Å². The van der Waals surface area contributed by atoms with Crippen molar-refractivity contribution in [2.75, 3.05) is 58.4 Å². The molecule has 0 bridgehead atoms. The van der Waals surface area contributed by atoms with Gasteiger partial charge in [0.1, 0.15) is 24.2 Å². The predicted molar refractivity (Wildman–Crippen MR) is 245 cm³/mol. The van der Waals surface area contributed by atoms with E-state index in [4.69, 9.17) is 30.7 Å². The van der Waals surface area contributed by atoms with E-state index in [0.29, 0.717) is 12.1 Å². The minimum Gasteiger partial charge on any atom is -0.394 e. The molecule has 376 valence electrons. The molecular formula is C41H67N10O14PS.